The van der Waals surface area contributed by atoms with Crippen LogP contribution < -0.4 is 5.32 Å². The predicted octanol–water partition coefficient (Wildman–Crippen LogP) is 3.50. The summed E-state index contributed by atoms with van der Waals surface area (Å²) in [5.41, 5.74) is -0.482. The van der Waals surface area contributed by atoms with Gasteiger partial charge in [-0.05, 0) is 25.2 Å². The Morgan fingerprint density at radius 2 is 1.76 bits per heavy atom. The average molecular weight is 295 g/mol. The molecule has 0 aliphatic heterocycles. The third kappa shape index (κ3) is 4.72. The van der Waals surface area contributed by atoms with E-state index in [0.717, 1.165) is 32.1 Å². The van der Waals surface area contributed by atoms with E-state index in [1.165, 1.54) is 32.1 Å². The van der Waals surface area contributed by atoms with Crippen molar-refractivity contribution >= 4 is 11.9 Å². The lowest BCUT2D eigenvalue weighted by Crippen LogP contribution is -2.49. The fraction of sp³-hybridized carbons (Fsp3) is 0.882. The summed E-state index contributed by atoms with van der Waals surface area (Å²) >= 11 is 0. The molecule has 0 heterocycles. The van der Waals surface area contributed by atoms with Crippen molar-refractivity contribution in [3.63, 3.8) is 0 Å². The number of nitrogens with one attached hydrogen (secondary N) is 1. The van der Waals surface area contributed by atoms with Crippen molar-refractivity contribution in [3.8, 4) is 0 Å². The van der Waals surface area contributed by atoms with Gasteiger partial charge in [-0.2, -0.15) is 0 Å². The van der Waals surface area contributed by atoms with Crippen molar-refractivity contribution in [3.05, 3.63) is 0 Å². The summed E-state index contributed by atoms with van der Waals surface area (Å²) < 4.78 is 0. The molecule has 0 aromatic rings. The molecule has 21 heavy (non-hydrogen) atoms. The fourth-order valence-electron chi connectivity index (χ4n) is 4.10. The Kier molecular flexibility index (Phi) is 5.65. The Hall–Kier alpha value is -1.06. The van der Waals surface area contributed by atoms with Crippen molar-refractivity contribution in [2.24, 2.45) is 11.8 Å². The molecule has 0 aromatic carbocycles. The lowest BCUT2D eigenvalue weighted by molar-refractivity contribution is -0.139. The maximum atomic E-state index is 12.5. The second-order valence-electron chi connectivity index (χ2n) is 7.19. The summed E-state index contributed by atoms with van der Waals surface area (Å²) in [4.78, 5) is 23.5. The highest BCUT2D eigenvalue weighted by Crippen LogP contribution is 2.34. The fourth-order valence-corrected chi connectivity index (χ4v) is 4.10. The molecular formula is C17H29NO3. The summed E-state index contributed by atoms with van der Waals surface area (Å²) in [5.74, 6) is -0.0706. The zero-order valence-corrected chi connectivity index (χ0v) is 13.2. The molecular weight excluding hydrogens is 266 g/mol. The van der Waals surface area contributed by atoms with E-state index < -0.39 is 11.5 Å². The van der Waals surface area contributed by atoms with E-state index >= 15 is 0 Å². The molecule has 120 valence electrons. The molecule has 2 N–H and O–H groups in total. The van der Waals surface area contributed by atoms with Gasteiger partial charge in [0.1, 0.15) is 0 Å². The van der Waals surface area contributed by atoms with E-state index in [-0.39, 0.29) is 18.2 Å². The number of rotatable bonds is 6. The van der Waals surface area contributed by atoms with Gasteiger partial charge in [-0.25, -0.2) is 0 Å². The van der Waals surface area contributed by atoms with Crippen LogP contribution in [0.5, 0.6) is 0 Å². The predicted molar refractivity (Wildman–Crippen MR) is 82.0 cm³/mol. The Labute approximate surface area is 127 Å². The highest BCUT2D eigenvalue weighted by Gasteiger charge is 2.38. The molecule has 1 amide bonds. The highest BCUT2D eigenvalue weighted by atomic mass is 16.4. The number of carboxylic acids is 1. The quantitative estimate of drug-likeness (QED) is 0.788. The van der Waals surface area contributed by atoms with Crippen molar-refractivity contribution in [1.29, 1.82) is 0 Å². The molecule has 0 spiro atoms. The largest absolute Gasteiger partial charge is 0.481 e. The topological polar surface area (TPSA) is 66.4 Å². The van der Waals surface area contributed by atoms with Crippen LogP contribution in [0.3, 0.4) is 0 Å². The summed E-state index contributed by atoms with van der Waals surface area (Å²) in [6.45, 7) is 1.99. The van der Waals surface area contributed by atoms with Crippen LogP contribution in [-0.2, 0) is 9.59 Å². The molecule has 2 fully saturated rings. The summed E-state index contributed by atoms with van der Waals surface area (Å²) in [6.07, 6.45) is 11.1. The third-order valence-electron chi connectivity index (χ3n) is 5.30. The average Bonchev–Trinajstić information content (AvgIpc) is 2.87. The Morgan fingerprint density at radius 1 is 1.14 bits per heavy atom. The van der Waals surface area contributed by atoms with Crippen molar-refractivity contribution in [2.45, 2.75) is 83.1 Å². The van der Waals surface area contributed by atoms with Crippen LogP contribution >= 0.6 is 0 Å². The molecule has 4 heteroatoms. The minimum absolute atomic E-state index is 0.000583. The number of hydrogen-bond donors (Lipinski definition) is 2. The van der Waals surface area contributed by atoms with E-state index in [9.17, 15) is 9.59 Å². The first kappa shape index (κ1) is 16.3. The van der Waals surface area contributed by atoms with Gasteiger partial charge in [0.05, 0.1) is 12.0 Å². The van der Waals surface area contributed by atoms with Gasteiger partial charge in [0.2, 0.25) is 5.91 Å². The molecule has 2 aliphatic rings. The lowest BCUT2D eigenvalue weighted by Gasteiger charge is -2.31. The Bertz CT molecular complexity index is 368. The van der Waals surface area contributed by atoms with Gasteiger partial charge in [-0.1, -0.05) is 51.9 Å². The Balaban J connectivity index is 1.87. The maximum Gasteiger partial charge on any atom is 0.305 e. The number of carbonyl (C=O) groups excluding carboxylic acids is 1. The lowest BCUT2D eigenvalue weighted by atomic mass is 9.82. The number of hydrogen-bond acceptors (Lipinski definition) is 2. The van der Waals surface area contributed by atoms with E-state index in [0.29, 0.717) is 5.92 Å². The van der Waals surface area contributed by atoms with E-state index in [1.54, 1.807) is 0 Å². The summed E-state index contributed by atoms with van der Waals surface area (Å²) in [5, 5.41) is 12.2. The standard InChI is InChI=1S/C17H29NO3/c1-13(11-14-7-3-2-4-8-14)16(21)18-17(12-15(19)20)9-5-6-10-17/h13-14H,2-12H2,1H3,(H,18,21)(H,19,20). The first-order chi connectivity index (χ1) is 10.0. The Morgan fingerprint density at radius 3 is 2.33 bits per heavy atom. The van der Waals surface area contributed by atoms with Crippen LogP contribution in [-0.4, -0.2) is 22.5 Å². The third-order valence-corrected chi connectivity index (χ3v) is 5.30. The zero-order chi connectivity index (χ0) is 15.3. The SMILES string of the molecule is CC(CC1CCCCC1)C(=O)NC1(CC(=O)O)CCCC1. The molecule has 4 nitrogen and oxygen atoms in total. The molecule has 1 unspecified atom stereocenters. The highest BCUT2D eigenvalue weighted by molar-refractivity contribution is 5.80. The smallest absolute Gasteiger partial charge is 0.305 e. The van der Waals surface area contributed by atoms with E-state index in [4.69, 9.17) is 5.11 Å². The minimum atomic E-state index is -0.808. The van der Waals surface area contributed by atoms with Gasteiger partial charge in [0.15, 0.2) is 0 Å². The van der Waals surface area contributed by atoms with Crippen molar-refractivity contribution in [1.82, 2.24) is 5.32 Å². The summed E-state index contributed by atoms with van der Waals surface area (Å²) in [7, 11) is 0. The first-order valence-corrected chi connectivity index (χ1v) is 8.55. The first-order valence-electron chi connectivity index (χ1n) is 8.55. The normalized spacial score (nSPS) is 23.7. The molecule has 0 aromatic heterocycles. The molecule has 1 atom stereocenters. The molecule has 0 radical (unpaired) electrons. The van der Waals surface area contributed by atoms with Crippen LogP contribution in [0.4, 0.5) is 0 Å². The molecule has 0 saturated heterocycles. The van der Waals surface area contributed by atoms with Gasteiger partial charge < -0.3 is 10.4 Å². The second-order valence-corrected chi connectivity index (χ2v) is 7.19. The number of carbonyl (C=O) groups is 2. The monoisotopic (exact) mass is 295 g/mol. The van der Waals surface area contributed by atoms with Gasteiger partial charge >= 0.3 is 5.97 Å². The number of amides is 1. The van der Waals surface area contributed by atoms with E-state index in [1.807, 2.05) is 6.92 Å². The van der Waals surface area contributed by atoms with Crippen LogP contribution in [0.15, 0.2) is 0 Å². The van der Waals surface area contributed by atoms with Crippen LogP contribution in [0.1, 0.15) is 77.6 Å². The summed E-state index contributed by atoms with van der Waals surface area (Å²) in [6, 6.07) is 0. The van der Waals surface area contributed by atoms with Gasteiger partial charge in [-0.15, -0.1) is 0 Å². The number of aliphatic carboxylic acids is 1. The van der Waals surface area contributed by atoms with Crippen LogP contribution in [0.2, 0.25) is 0 Å². The van der Waals surface area contributed by atoms with Gasteiger partial charge in [-0.3, -0.25) is 9.59 Å². The molecule has 2 aliphatic carbocycles. The van der Waals surface area contributed by atoms with Crippen molar-refractivity contribution in [2.75, 3.05) is 0 Å². The molecule has 2 saturated carbocycles. The van der Waals surface area contributed by atoms with Crippen molar-refractivity contribution < 1.29 is 14.7 Å². The van der Waals surface area contributed by atoms with Gasteiger partial charge in [0.25, 0.3) is 0 Å². The maximum absolute atomic E-state index is 12.5. The number of carboxylic acid groups (broad SMARTS) is 1. The van der Waals surface area contributed by atoms with Crippen LogP contribution in [0, 0.1) is 11.8 Å². The molecule has 2 rings (SSSR count). The van der Waals surface area contributed by atoms with Gasteiger partial charge in [0, 0.05) is 5.92 Å². The second kappa shape index (κ2) is 7.28. The minimum Gasteiger partial charge on any atom is -0.481 e. The van der Waals surface area contributed by atoms with Crippen LogP contribution in [0.25, 0.3) is 0 Å². The molecule has 0 bridgehead atoms. The van der Waals surface area contributed by atoms with E-state index in [2.05, 4.69) is 5.32 Å². The zero-order valence-electron chi connectivity index (χ0n) is 13.2.